The Bertz CT molecular complexity index is 3090. The first kappa shape index (κ1) is 62.1. The number of hydroxylamine groups is 1. The molecule has 0 spiro atoms. The van der Waals surface area contributed by atoms with Gasteiger partial charge in [-0.05, 0) is 141 Å². The van der Waals surface area contributed by atoms with E-state index in [0.717, 1.165) is 11.1 Å². The van der Waals surface area contributed by atoms with Gasteiger partial charge in [-0.1, -0.05) is 61.2 Å². The van der Waals surface area contributed by atoms with Crippen LogP contribution in [0.25, 0.3) is 0 Å². The zero-order valence-electron chi connectivity index (χ0n) is 44.1. The first-order chi connectivity index (χ1) is 35.7. The molecular weight excluding hydrogens is 1000 g/mol. The molecule has 8 bridgehead atoms. The molecule has 0 aromatic heterocycles. The summed E-state index contributed by atoms with van der Waals surface area (Å²) in [5.74, 6) is -4.20. The molecule has 2 aromatic rings. The van der Waals surface area contributed by atoms with E-state index >= 15 is 0 Å². The summed E-state index contributed by atoms with van der Waals surface area (Å²) in [5.41, 5.74) is 10.9. The normalized spacial score (nSPS) is 18.4. The Morgan fingerprint density at radius 3 is 1.71 bits per heavy atom. The number of carboxylic acid groups (broad SMARTS) is 2. The van der Waals surface area contributed by atoms with E-state index in [0.29, 0.717) is 91.2 Å². The van der Waals surface area contributed by atoms with E-state index < -0.39 is 55.7 Å². The molecule has 77 heavy (non-hydrogen) atoms. The van der Waals surface area contributed by atoms with Gasteiger partial charge < -0.3 is 61.0 Å². The summed E-state index contributed by atoms with van der Waals surface area (Å²) in [5, 5.41) is 83.3. The summed E-state index contributed by atoms with van der Waals surface area (Å²) in [4.78, 5) is 72.3. The zero-order chi connectivity index (χ0) is 54.3. The number of amides is 2. The van der Waals surface area contributed by atoms with Crippen LogP contribution in [-0.4, -0.2) is 105 Å². The first-order valence-electron chi connectivity index (χ1n) is 24.3. The number of allylic oxidation sites excluding steroid dienone is 11. The molecule has 5 heterocycles. The number of carboxylic acids is 2. The molecule has 7 rings (SSSR count). The fraction of sp³-hybridized carbons (Fsp3) is 0.278. The standard InChI is InChI=1S/C54H59B2N7O12.2Na/c1-7-36-29(3)40-25-41-30(4)37(17-19-50(64)62-47(52(66)67)23-32-9-13-34(14-10-32)55(71)72)43(58-41)27-44-38(18-20-51(65)63-48(53(68)69)24-33-11-15-35(16-12-33)56(73)74)31(5)42(59-44)26-46-39(21-22-57-75-8-2)54(6,70)49(61-46)28-45(36)60-40;;/h7,9-16,21-22,25-28,47-48,57,61,70-74H,1,8,17-20,23-24H2,2-6H3,(H,62,64)(H,63,65)(H,66,67)(H,68,69);;/q;2*+1/p-2/i55-1,56-1;;. The number of hydrogen-bond acceptors (Lipinski definition) is 17. The Morgan fingerprint density at radius 1 is 0.714 bits per heavy atom. The van der Waals surface area contributed by atoms with E-state index in [1.54, 1.807) is 43.5 Å². The van der Waals surface area contributed by atoms with Crippen molar-refractivity contribution in [3.05, 3.63) is 176 Å². The quantitative estimate of drug-likeness (QED) is 0.0320. The number of rotatable bonds is 21. The minimum Gasteiger partial charge on any atom is -0.548 e. The number of fused-ring (bicyclic) bond motifs is 5. The fourth-order valence-electron chi connectivity index (χ4n) is 9.10. The van der Waals surface area contributed by atoms with Crippen molar-refractivity contribution >= 4 is 66.1 Å². The van der Waals surface area contributed by atoms with Crippen molar-refractivity contribution in [2.24, 2.45) is 15.0 Å². The molecule has 5 aliphatic heterocycles. The van der Waals surface area contributed by atoms with Gasteiger partial charge in [-0.2, -0.15) is 0 Å². The van der Waals surface area contributed by atoms with Crippen molar-refractivity contribution in [3.63, 3.8) is 0 Å². The third-order valence-electron chi connectivity index (χ3n) is 13.4. The summed E-state index contributed by atoms with van der Waals surface area (Å²) in [6.07, 6.45) is 11.5. The molecule has 0 saturated carbocycles. The van der Waals surface area contributed by atoms with E-state index in [1.165, 1.54) is 48.5 Å². The summed E-state index contributed by atoms with van der Waals surface area (Å²) >= 11 is 0. The van der Waals surface area contributed by atoms with Gasteiger partial charge in [-0.25, -0.2) is 15.0 Å². The van der Waals surface area contributed by atoms with E-state index in [2.05, 4.69) is 28.0 Å². The van der Waals surface area contributed by atoms with Gasteiger partial charge in [0.15, 0.2) is 0 Å². The number of aliphatic hydroxyl groups is 1. The smallest absolute Gasteiger partial charge is 0.548 e. The second-order valence-electron chi connectivity index (χ2n) is 18.5. The molecule has 5 aliphatic rings. The molecule has 2 aromatic carbocycles. The largest absolute Gasteiger partial charge is 1.00 e. The van der Waals surface area contributed by atoms with Crippen LogP contribution in [0.3, 0.4) is 0 Å². The molecule has 0 fully saturated rings. The number of carbonyl (C=O) groups excluding carboxylic acids is 4. The van der Waals surface area contributed by atoms with Gasteiger partial charge in [-0.15, -0.1) is 0 Å². The molecular formula is C54H57B2N7Na2O12. The van der Waals surface area contributed by atoms with Crippen LogP contribution >= 0.6 is 0 Å². The zero-order valence-corrected chi connectivity index (χ0v) is 48.1. The number of carbonyl (C=O) groups is 4. The molecule has 0 radical (unpaired) electrons. The molecule has 388 valence electrons. The second-order valence-corrected chi connectivity index (χ2v) is 18.5. The number of nitrogens with zero attached hydrogens (tertiary/aromatic N) is 3. The van der Waals surface area contributed by atoms with Gasteiger partial charge in [0.2, 0.25) is 11.8 Å². The van der Waals surface area contributed by atoms with Gasteiger partial charge in [0, 0.05) is 35.9 Å². The third-order valence-corrected chi connectivity index (χ3v) is 13.4. The number of aliphatic carboxylic acids is 2. The van der Waals surface area contributed by atoms with Gasteiger partial charge in [0.05, 0.1) is 70.6 Å². The van der Waals surface area contributed by atoms with Crippen molar-refractivity contribution in [1.29, 1.82) is 0 Å². The van der Waals surface area contributed by atoms with Crippen molar-refractivity contribution in [2.75, 3.05) is 6.61 Å². The molecule has 0 saturated heterocycles. The van der Waals surface area contributed by atoms with Crippen molar-refractivity contribution in [2.45, 2.75) is 90.8 Å². The van der Waals surface area contributed by atoms with E-state index in [9.17, 15) is 54.6 Å². The van der Waals surface area contributed by atoms with Gasteiger partial charge in [0.1, 0.15) is 5.60 Å². The minimum absolute atomic E-state index is 0. The Morgan fingerprint density at radius 2 is 1.21 bits per heavy atom. The van der Waals surface area contributed by atoms with Gasteiger partial charge >= 0.3 is 73.4 Å². The van der Waals surface area contributed by atoms with Crippen molar-refractivity contribution in [3.8, 4) is 0 Å². The first-order valence-corrected chi connectivity index (χ1v) is 24.3. The van der Waals surface area contributed by atoms with Crippen LogP contribution in [0.4, 0.5) is 0 Å². The van der Waals surface area contributed by atoms with Crippen LogP contribution in [0.1, 0.15) is 71.4 Å². The maximum absolute atomic E-state index is 13.7. The molecule has 0 aliphatic carbocycles. The van der Waals surface area contributed by atoms with E-state index in [1.807, 2.05) is 33.8 Å². The van der Waals surface area contributed by atoms with Crippen molar-refractivity contribution in [1.82, 2.24) is 21.4 Å². The fourth-order valence-corrected chi connectivity index (χ4v) is 9.10. The second kappa shape index (κ2) is 27.2. The summed E-state index contributed by atoms with van der Waals surface area (Å²) < 4.78 is 0. The number of nitrogens with one attached hydrogen (secondary N) is 4. The third kappa shape index (κ3) is 14.9. The summed E-state index contributed by atoms with van der Waals surface area (Å²) in [6, 6.07) is 9.05. The molecule has 3 unspecified atom stereocenters. The predicted octanol–water partition coefficient (Wildman–Crippen LogP) is -6.42. The maximum atomic E-state index is 13.7. The van der Waals surface area contributed by atoms with Crippen LogP contribution in [0.5, 0.6) is 0 Å². The van der Waals surface area contributed by atoms with Gasteiger partial charge in [0.25, 0.3) is 0 Å². The van der Waals surface area contributed by atoms with E-state index in [4.69, 9.17) is 19.8 Å². The molecule has 3 atom stereocenters. The van der Waals surface area contributed by atoms with Crippen LogP contribution in [0, 0.1) is 0 Å². The topological polar surface area (TPSA) is 310 Å². The number of aliphatic imine (C=N–C) groups is 3. The van der Waals surface area contributed by atoms with Gasteiger partial charge in [-0.3, -0.25) is 19.9 Å². The Labute approximate surface area is 491 Å². The molecule has 9 N–H and O–H groups in total. The predicted molar refractivity (Wildman–Crippen MR) is 280 cm³/mol. The maximum Gasteiger partial charge on any atom is 1.00 e. The summed E-state index contributed by atoms with van der Waals surface area (Å²) in [6.45, 7) is 13.4. The Hall–Kier alpha value is -5.78. The van der Waals surface area contributed by atoms with Crippen LogP contribution in [0.15, 0.2) is 180 Å². The van der Waals surface area contributed by atoms with E-state index in [-0.39, 0.29) is 109 Å². The monoisotopic (exact) mass is 1060 g/mol. The van der Waals surface area contributed by atoms with Crippen LogP contribution in [-0.2, 0) is 36.9 Å². The Balaban J connectivity index is 0.00000547. The average Bonchev–Trinajstić information content (AvgIpc) is 4.01. The molecule has 23 heteroatoms. The van der Waals surface area contributed by atoms with Crippen LogP contribution < -0.4 is 102 Å². The van der Waals surface area contributed by atoms with Crippen LogP contribution in [0.2, 0.25) is 0 Å². The number of hydrogen-bond donors (Lipinski definition) is 9. The molecule has 2 amide bonds. The number of benzene rings is 2. The Kier molecular flexibility index (Phi) is 21.9. The molecule has 19 nitrogen and oxygen atoms in total. The SMILES string of the molecule is C=CC1=C(C)C2=CC3=NC(=CC4=NC(=CC5=C(C=CNOCC)C(C)(O)C(=CC1=N2)N5)C(C)=C4CCC(=O)NC(Cc1ccc([10B](O)O)cc1)C(=O)[O-])C(CCC(=O)NC(Cc1ccc([10B](O)O)cc1)C(=O)[O-])=C3C.[Na+].[Na+]. The average molecular weight is 1060 g/mol. The summed E-state index contributed by atoms with van der Waals surface area (Å²) in [7, 11) is -3.42. The van der Waals surface area contributed by atoms with Crippen molar-refractivity contribution < 1.29 is 119 Å². The minimum atomic E-state index is -1.71.